The molecule has 1 rings (SSSR count). The third kappa shape index (κ3) is 16.7. The highest BCUT2D eigenvalue weighted by atomic mass is 14.7. The monoisotopic (exact) mass is 442 g/mol. The van der Waals surface area contributed by atoms with Gasteiger partial charge in [0, 0.05) is 11.4 Å². The van der Waals surface area contributed by atoms with Crippen molar-refractivity contribution in [3.8, 4) is 0 Å². The predicted octanol–water partition coefficient (Wildman–Crippen LogP) is 10.6. The fourth-order valence-corrected chi connectivity index (χ4v) is 4.69. The maximum atomic E-state index is 5.01. The van der Waals surface area contributed by atoms with Crippen molar-refractivity contribution in [1.82, 2.24) is 4.98 Å². The Morgan fingerprint density at radius 1 is 0.500 bits per heavy atom. The van der Waals surface area contributed by atoms with Gasteiger partial charge >= 0.3 is 0 Å². The number of pyridine rings is 1. The molecule has 1 radical (unpaired) electrons. The first kappa shape index (κ1) is 29.2. The van der Waals surface area contributed by atoms with Gasteiger partial charge < -0.3 is 0 Å². The van der Waals surface area contributed by atoms with E-state index in [1.807, 2.05) is 0 Å². The van der Waals surface area contributed by atoms with E-state index in [1.165, 1.54) is 145 Å². The second kappa shape index (κ2) is 22.0. The quantitative estimate of drug-likeness (QED) is 0.154. The summed E-state index contributed by atoms with van der Waals surface area (Å²) >= 11 is 0. The highest BCUT2D eigenvalue weighted by molar-refractivity contribution is 5.27. The minimum atomic E-state index is 1.16. The highest BCUT2D eigenvalue weighted by Gasteiger charge is 2.04. The van der Waals surface area contributed by atoms with Crippen LogP contribution in [0, 0.1) is 6.42 Å². The number of hydrogen-bond donors (Lipinski definition) is 0. The van der Waals surface area contributed by atoms with Crippen LogP contribution >= 0.6 is 0 Å². The summed E-state index contributed by atoms with van der Waals surface area (Å²) in [4.78, 5) is 5.01. The fourth-order valence-electron chi connectivity index (χ4n) is 4.69. The number of nitrogens with zero attached hydrogens (tertiary/aromatic N) is 1. The molecule has 1 heterocycles. The number of aryl methyl sites for hydroxylation is 2. The lowest BCUT2D eigenvalue weighted by molar-refractivity contribution is 0.553. The molecule has 0 fully saturated rings. The van der Waals surface area contributed by atoms with Crippen molar-refractivity contribution in [1.29, 1.82) is 0 Å². The van der Waals surface area contributed by atoms with E-state index in [-0.39, 0.29) is 0 Å². The molecule has 185 valence electrons. The molecule has 0 saturated carbocycles. The summed E-state index contributed by atoms with van der Waals surface area (Å²) in [5.74, 6) is 0. The summed E-state index contributed by atoms with van der Waals surface area (Å²) in [6.07, 6.45) is 32.6. The average molecular weight is 443 g/mol. The third-order valence-electron chi connectivity index (χ3n) is 6.86. The van der Waals surface area contributed by atoms with Gasteiger partial charge in [0.05, 0.1) is 0 Å². The summed E-state index contributed by atoms with van der Waals surface area (Å²) < 4.78 is 0. The van der Waals surface area contributed by atoms with Crippen LogP contribution in [-0.4, -0.2) is 4.98 Å². The molecule has 0 aliphatic heterocycles. The van der Waals surface area contributed by atoms with Crippen LogP contribution in [0.4, 0.5) is 0 Å². The van der Waals surface area contributed by atoms with E-state index < -0.39 is 0 Å². The molecule has 1 heteroatoms. The zero-order valence-electron chi connectivity index (χ0n) is 22.2. The van der Waals surface area contributed by atoms with E-state index in [9.17, 15) is 0 Å². The molecule has 0 atom stereocenters. The lowest BCUT2D eigenvalue weighted by Gasteiger charge is -2.09. The molecule has 0 aliphatic carbocycles. The van der Waals surface area contributed by atoms with Gasteiger partial charge in [-0.1, -0.05) is 136 Å². The Morgan fingerprint density at radius 3 is 1.12 bits per heavy atom. The van der Waals surface area contributed by atoms with Crippen LogP contribution < -0.4 is 0 Å². The smallest absolute Gasteiger partial charge is 0.0409 e. The van der Waals surface area contributed by atoms with Crippen LogP contribution in [0.5, 0.6) is 0 Å². The van der Waals surface area contributed by atoms with E-state index in [1.54, 1.807) is 0 Å². The van der Waals surface area contributed by atoms with E-state index in [0.717, 1.165) is 12.8 Å². The average Bonchev–Trinajstić information content (AvgIpc) is 2.81. The second-order valence-corrected chi connectivity index (χ2v) is 10.0. The molecule has 32 heavy (non-hydrogen) atoms. The molecule has 0 unspecified atom stereocenters. The van der Waals surface area contributed by atoms with Crippen LogP contribution in [0.25, 0.3) is 0 Å². The molecule has 0 amide bonds. The Labute approximate surface area is 202 Å². The molecule has 1 aromatic heterocycles. The Hall–Kier alpha value is -0.850. The highest BCUT2D eigenvalue weighted by Crippen LogP contribution is 2.16. The van der Waals surface area contributed by atoms with Crippen molar-refractivity contribution in [2.24, 2.45) is 0 Å². The van der Waals surface area contributed by atoms with Crippen molar-refractivity contribution < 1.29 is 0 Å². The summed E-state index contributed by atoms with van der Waals surface area (Å²) in [7, 11) is 0. The predicted molar refractivity (Wildman–Crippen MR) is 144 cm³/mol. The van der Waals surface area contributed by atoms with Crippen LogP contribution in [0.1, 0.15) is 166 Å². The first-order valence-electron chi connectivity index (χ1n) is 14.6. The normalized spacial score (nSPS) is 11.3. The van der Waals surface area contributed by atoms with Crippen LogP contribution in [0.15, 0.2) is 12.1 Å². The lowest BCUT2D eigenvalue weighted by atomic mass is 10.0. The topological polar surface area (TPSA) is 12.9 Å². The van der Waals surface area contributed by atoms with Gasteiger partial charge in [-0.05, 0) is 49.8 Å². The van der Waals surface area contributed by atoms with Gasteiger partial charge in [0.2, 0.25) is 0 Å². The first-order valence-corrected chi connectivity index (χ1v) is 14.6. The van der Waals surface area contributed by atoms with Crippen molar-refractivity contribution in [3.05, 3.63) is 35.5 Å². The summed E-state index contributed by atoms with van der Waals surface area (Å²) in [5, 5.41) is 0. The van der Waals surface area contributed by atoms with Gasteiger partial charge in [0.1, 0.15) is 0 Å². The zero-order valence-corrected chi connectivity index (χ0v) is 22.2. The Balaban J connectivity index is 2.13. The zero-order chi connectivity index (χ0) is 23.1. The Morgan fingerprint density at radius 2 is 0.812 bits per heavy atom. The van der Waals surface area contributed by atoms with Crippen molar-refractivity contribution in [2.45, 2.75) is 162 Å². The van der Waals surface area contributed by atoms with Crippen LogP contribution in [0.2, 0.25) is 0 Å². The minimum absolute atomic E-state index is 1.16. The SMILES string of the molecule is C[CH]c1cc(CCCCCCCCCCCC)nc(CCCCCCCCCCCC)c1. The molecular weight excluding hydrogens is 386 g/mol. The van der Waals surface area contributed by atoms with E-state index >= 15 is 0 Å². The molecule has 0 saturated heterocycles. The molecule has 1 aromatic rings. The van der Waals surface area contributed by atoms with Crippen molar-refractivity contribution in [3.63, 3.8) is 0 Å². The molecule has 0 N–H and O–H groups in total. The maximum Gasteiger partial charge on any atom is 0.0409 e. The van der Waals surface area contributed by atoms with E-state index in [2.05, 4.69) is 39.3 Å². The number of rotatable bonds is 23. The number of hydrogen-bond acceptors (Lipinski definition) is 1. The molecule has 0 spiro atoms. The fraction of sp³-hybridized carbons (Fsp3) is 0.806. The minimum Gasteiger partial charge on any atom is -0.258 e. The third-order valence-corrected chi connectivity index (χ3v) is 6.86. The molecule has 0 bridgehead atoms. The Kier molecular flexibility index (Phi) is 20.0. The largest absolute Gasteiger partial charge is 0.258 e. The molecule has 0 aliphatic rings. The molecule has 1 nitrogen and oxygen atoms in total. The van der Waals surface area contributed by atoms with Crippen LogP contribution in [0.3, 0.4) is 0 Å². The summed E-state index contributed by atoms with van der Waals surface area (Å²) in [6.45, 7) is 6.75. The summed E-state index contributed by atoms with van der Waals surface area (Å²) in [6, 6.07) is 4.63. The second-order valence-electron chi connectivity index (χ2n) is 10.0. The first-order chi connectivity index (χ1) is 15.8. The van der Waals surface area contributed by atoms with E-state index in [4.69, 9.17) is 4.98 Å². The Bertz CT molecular complexity index is 479. The van der Waals surface area contributed by atoms with Gasteiger partial charge in [-0.15, -0.1) is 0 Å². The van der Waals surface area contributed by atoms with Gasteiger partial charge in [0.25, 0.3) is 0 Å². The van der Waals surface area contributed by atoms with E-state index in [0.29, 0.717) is 0 Å². The van der Waals surface area contributed by atoms with Gasteiger partial charge in [0.15, 0.2) is 0 Å². The lowest BCUT2D eigenvalue weighted by Crippen LogP contribution is -1.99. The van der Waals surface area contributed by atoms with Crippen LogP contribution in [-0.2, 0) is 12.8 Å². The van der Waals surface area contributed by atoms with Crippen molar-refractivity contribution in [2.75, 3.05) is 0 Å². The molecule has 0 aromatic carbocycles. The van der Waals surface area contributed by atoms with Gasteiger partial charge in [-0.25, -0.2) is 0 Å². The molecular formula is C31H56N. The number of unbranched alkanes of at least 4 members (excludes halogenated alkanes) is 18. The maximum absolute atomic E-state index is 5.01. The van der Waals surface area contributed by atoms with Gasteiger partial charge in [-0.3, -0.25) is 4.98 Å². The number of aromatic nitrogens is 1. The standard InChI is InChI=1S/C31H56N/c1-4-7-9-11-13-15-17-19-21-23-25-30-27-29(6-3)28-31(32-30)26-24-22-20-18-16-14-12-10-8-5-2/h6,27-28H,4-5,7-26H2,1-3H3. The summed E-state index contributed by atoms with van der Waals surface area (Å²) in [5.41, 5.74) is 4.01. The van der Waals surface area contributed by atoms with Crippen molar-refractivity contribution >= 4 is 0 Å². The van der Waals surface area contributed by atoms with Gasteiger partial charge in [-0.2, -0.15) is 0 Å².